The molecule has 216 valence electrons. The number of hydrazone groups is 1. The van der Waals surface area contributed by atoms with Gasteiger partial charge in [0.15, 0.2) is 5.11 Å². The van der Waals surface area contributed by atoms with E-state index in [9.17, 15) is 9.90 Å². The molecule has 0 heterocycles. The van der Waals surface area contributed by atoms with Crippen LogP contribution in [0.2, 0.25) is 0 Å². The number of carbonyl (C=O) groups is 1. The Morgan fingerprint density at radius 1 is 1.13 bits per heavy atom. The lowest BCUT2D eigenvalue weighted by Crippen LogP contribution is -2.55. The van der Waals surface area contributed by atoms with Crippen molar-refractivity contribution in [1.29, 1.82) is 0 Å². The number of carbonyl (C=O) groups excluding carboxylic acids is 1. The van der Waals surface area contributed by atoms with E-state index in [0.29, 0.717) is 34.7 Å². The Morgan fingerprint density at radius 3 is 2.53 bits per heavy atom. The molecule has 4 aliphatic rings. The van der Waals surface area contributed by atoms with Crippen LogP contribution in [-0.4, -0.2) is 41.2 Å². The molecule has 4 aliphatic carbocycles. The van der Waals surface area contributed by atoms with Crippen molar-refractivity contribution in [3.8, 4) is 0 Å². The Bertz CT molecular complexity index is 911. The first kappa shape index (κ1) is 29.8. The quantitative estimate of drug-likeness (QED) is 0.148. The maximum atomic E-state index is 12.7. The smallest absolute Gasteiger partial charge is 0.302 e. The van der Waals surface area contributed by atoms with Gasteiger partial charge in [-0.3, -0.25) is 10.2 Å². The number of hydrogen-bond acceptors (Lipinski definition) is 5. The van der Waals surface area contributed by atoms with Gasteiger partial charge in [0.25, 0.3) is 0 Å². The molecule has 0 spiro atoms. The highest BCUT2D eigenvalue weighted by Gasteiger charge is 2.72. The van der Waals surface area contributed by atoms with Crippen LogP contribution in [0.1, 0.15) is 106 Å². The zero-order valence-corrected chi connectivity index (χ0v) is 25.7. The first-order valence-electron chi connectivity index (χ1n) is 15.3. The molecule has 0 radical (unpaired) electrons. The molecule has 38 heavy (non-hydrogen) atoms. The van der Waals surface area contributed by atoms with Crippen LogP contribution in [0.3, 0.4) is 0 Å². The van der Waals surface area contributed by atoms with E-state index < -0.39 is 5.60 Å². The van der Waals surface area contributed by atoms with E-state index in [-0.39, 0.29) is 23.4 Å². The average Bonchev–Trinajstić information content (AvgIpc) is 3.28. The Kier molecular flexibility index (Phi) is 8.89. The van der Waals surface area contributed by atoms with Gasteiger partial charge >= 0.3 is 5.97 Å². The molecule has 4 unspecified atom stereocenters. The standard InChI is InChI=1S/C31H53N3O3S/c1-19(2)9-8-10-20(3)23-11-12-24-27-25(14-15-29(23,24)5)30(6)16-13-22(37-21(4)35)17-31(30,36)26(27)18-33-34-28(38)32-7/h18-20,22-27,36H,8-17H2,1-7H3,(H2,32,34,38)/b33-18+/t20-,22+,23?,24?,25?,26-,27?,29-,30-,31-/m1/s1. The van der Waals surface area contributed by atoms with Crippen molar-refractivity contribution in [2.75, 3.05) is 7.05 Å². The molecule has 3 N–H and O–H groups in total. The van der Waals surface area contributed by atoms with Gasteiger partial charge in [-0.2, -0.15) is 5.10 Å². The van der Waals surface area contributed by atoms with Crippen LogP contribution in [0.15, 0.2) is 5.10 Å². The molecule has 0 bridgehead atoms. The van der Waals surface area contributed by atoms with Crippen molar-refractivity contribution in [2.45, 2.75) is 117 Å². The van der Waals surface area contributed by atoms with Gasteiger partial charge in [0.2, 0.25) is 0 Å². The number of esters is 1. The zero-order valence-electron chi connectivity index (χ0n) is 24.9. The molecular weight excluding hydrogens is 494 g/mol. The van der Waals surface area contributed by atoms with Crippen molar-refractivity contribution in [3.05, 3.63) is 0 Å². The number of rotatable bonds is 8. The fourth-order valence-electron chi connectivity index (χ4n) is 9.95. The molecular formula is C31H53N3O3S. The summed E-state index contributed by atoms with van der Waals surface area (Å²) in [5, 5.41) is 20.6. The van der Waals surface area contributed by atoms with E-state index in [2.05, 4.69) is 50.5 Å². The van der Waals surface area contributed by atoms with Crippen LogP contribution in [-0.2, 0) is 9.53 Å². The van der Waals surface area contributed by atoms with Gasteiger partial charge in [-0.15, -0.1) is 0 Å². The Balaban J connectivity index is 1.65. The largest absolute Gasteiger partial charge is 0.462 e. The van der Waals surface area contributed by atoms with Gasteiger partial charge in [-0.1, -0.05) is 53.9 Å². The zero-order chi connectivity index (χ0) is 27.9. The molecule has 0 aromatic carbocycles. The molecule has 10 atom stereocenters. The van der Waals surface area contributed by atoms with Gasteiger partial charge in [0.05, 0.1) is 5.60 Å². The molecule has 6 nitrogen and oxygen atoms in total. The molecule has 0 aromatic rings. The Hall–Kier alpha value is -1.21. The van der Waals surface area contributed by atoms with E-state index in [4.69, 9.17) is 17.0 Å². The summed E-state index contributed by atoms with van der Waals surface area (Å²) in [6.45, 7) is 13.5. The highest BCUT2D eigenvalue weighted by Crippen LogP contribution is 2.73. The minimum atomic E-state index is -0.959. The van der Waals surface area contributed by atoms with Gasteiger partial charge in [-0.25, -0.2) is 0 Å². The Morgan fingerprint density at radius 2 is 1.87 bits per heavy atom. The fraction of sp³-hybridized carbons (Fsp3) is 0.903. The van der Waals surface area contributed by atoms with Gasteiger partial charge in [-0.05, 0) is 91.7 Å². The second-order valence-electron chi connectivity index (χ2n) is 14.1. The average molecular weight is 548 g/mol. The summed E-state index contributed by atoms with van der Waals surface area (Å²) < 4.78 is 5.69. The highest BCUT2D eigenvalue weighted by molar-refractivity contribution is 7.80. The van der Waals surface area contributed by atoms with E-state index in [1.165, 1.54) is 45.4 Å². The van der Waals surface area contributed by atoms with Gasteiger partial charge < -0.3 is 15.2 Å². The minimum absolute atomic E-state index is 0.0948. The molecule has 4 saturated carbocycles. The van der Waals surface area contributed by atoms with Crippen LogP contribution < -0.4 is 10.7 Å². The van der Waals surface area contributed by atoms with Crippen molar-refractivity contribution in [3.63, 3.8) is 0 Å². The van der Waals surface area contributed by atoms with Crippen LogP contribution in [0.5, 0.6) is 0 Å². The number of nitrogens with one attached hydrogen (secondary N) is 2. The highest BCUT2D eigenvalue weighted by atomic mass is 32.1. The van der Waals surface area contributed by atoms with Crippen LogP contribution in [0.25, 0.3) is 0 Å². The topological polar surface area (TPSA) is 83.0 Å². The van der Waals surface area contributed by atoms with E-state index >= 15 is 0 Å². The van der Waals surface area contributed by atoms with E-state index in [1.54, 1.807) is 7.05 Å². The van der Waals surface area contributed by atoms with Crippen LogP contribution in [0.4, 0.5) is 0 Å². The maximum absolute atomic E-state index is 12.7. The normalized spacial score (nSPS) is 42.9. The summed E-state index contributed by atoms with van der Waals surface area (Å²) in [5.41, 5.74) is 2.07. The fourth-order valence-corrected chi connectivity index (χ4v) is 10.0. The lowest BCUT2D eigenvalue weighted by Gasteiger charge is -2.52. The first-order chi connectivity index (χ1) is 17.9. The predicted molar refractivity (Wildman–Crippen MR) is 158 cm³/mol. The van der Waals surface area contributed by atoms with Gasteiger partial charge in [0, 0.05) is 37.9 Å². The third-order valence-electron chi connectivity index (χ3n) is 11.8. The van der Waals surface area contributed by atoms with E-state index in [1.807, 2.05) is 6.21 Å². The molecule has 0 amide bonds. The Labute approximate surface area is 236 Å². The summed E-state index contributed by atoms with van der Waals surface area (Å²) in [4.78, 5) is 11.8. The monoisotopic (exact) mass is 547 g/mol. The number of nitrogens with zero attached hydrogens (tertiary/aromatic N) is 1. The summed E-state index contributed by atoms with van der Waals surface area (Å²) in [6, 6.07) is 0. The molecule has 7 heteroatoms. The van der Waals surface area contributed by atoms with Crippen molar-refractivity contribution in [1.82, 2.24) is 10.7 Å². The minimum Gasteiger partial charge on any atom is -0.462 e. The van der Waals surface area contributed by atoms with Crippen molar-refractivity contribution in [2.24, 2.45) is 57.4 Å². The van der Waals surface area contributed by atoms with Crippen molar-refractivity contribution >= 4 is 29.5 Å². The molecule has 0 saturated heterocycles. The summed E-state index contributed by atoms with van der Waals surface area (Å²) in [6.07, 6.45) is 12.8. The maximum Gasteiger partial charge on any atom is 0.302 e. The lowest BCUT2D eigenvalue weighted by molar-refractivity contribution is -0.170. The lowest BCUT2D eigenvalue weighted by atomic mass is 9.53. The first-order valence-corrected chi connectivity index (χ1v) is 15.7. The molecule has 4 fully saturated rings. The summed E-state index contributed by atoms with van der Waals surface area (Å²) in [5.74, 6) is 3.29. The summed E-state index contributed by atoms with van der Waals surface area (Å²) >= 11 is 5.27. The van der Waals surface area contributed by atoms with Crippen molar-refractivity contribution < 1.29 is 14.6 Å². The molecule has 4 rings (SSSR count). The molecule has 0 aromatic heterocycles. The number of hydrogen-bond donors (Lipinski definition) is 3. The van der Waals surface area contributed by atoms with Crippen LogP contribution in [0, 0.1) is 52.3 Å². The number of fused-ring (bicyclic) bond motifs is 5. The third kappa shape index (κ3) is 5.15. The van der Waals surface area contributed by atoms with E-state index in [0.717, 1.165) is 37.0 Å². The SMILES string of the molecule is CNC(=S)N/N=C/[C@@H]1C2C3CCC([C@H](C)CCCC(C)C)[C@@]3(C)CCC2[C@@]2(C)CC[C@H](OC(C)=O)C[C@@]12O. The second-order valence-corrected chi connectivity index (χ2v) is 14.5. The summed E-state index contributed by atoms with van der Waals surface area (Å²) in [7, 11) is 1.78. The van der Waals surface area contributed by atoms with Gasteiger partial charge in [0.1, 0.15) is 6.10 Å². The number of aliphatic hydroxyl groups is 1. The third-order valence-corrected chi connectivity index (χ3v) is 12.1. The molecule has 0 aliphatic heterocycles. The predicted octanol–water partition coefficient (Wildman–Crippen LogP) is 6.07. The second kappa shape index (κ2) is 11.3. The van der Waals surface area contributed by atoms with Crippen LogP contribution >= 0.6 is 12.2 Å². The number of thiocarbonyl (C=S) groups is 1. The number of ether oxygens (including phenoxy) is 1.